The Hall–Kier alpha value is -1.66. The Kier molecular flexibility index (Phi) is 9.45. The molecule has 0 aromatic heterocycles. The van der Waals surface area contributed by atoms with Crippen LogP contribution in [0.15, 0.2) is 60.7 Å². The van der Waals surface area contributed by atoms with E-state index in [4.69, 9.17) is 20.3 Å². The summed E-state index contributed by atoms with van der Waals surface area (Å²) < 4.78 is 0. The van der Waals surface area contributed by atoms with Gasteiger partial charge in [-0.1, -0.05) is 60.7 Å². The summed E-state index contributed by atoms with van der Waals surface area (Å²) in [7, 11) is 0. The molecule has 4 N–H and O–H groups in total. The molecule has 2 aromatic carbocycles. The van der Waals surface area contributed by atoms with Crippen molar-refractivity contribution in [2.75, 3.05) is 0 Å². The van der Waals surface area contributed by atoms with E-state index in [0.717, 1.165) is 0 Å². The van der Waals surface area contributed by atoms with Crippen LogP contribution < -0.4 is 0 Å². The molecule has 0 aliphatic heterocycles. The van der Waals surface area contributed by atoms with Gasteiger partial charge in [-0.05, 0) is 38.8 Å². The molecule has 0 saturated heterocycles. The van der Waals surface area contributed by atoms with Crippen LogP contribution in [0, 0.1) is 0 Å². The Morgan fingerprint density at radius 1 is 0.609 bits per heavy atom. The Bertz CT molecular complexity index is 467. The molecule has 0 heterocycles. The summed E-state index contributed by atoms with van der Waals surface area (Å²) in [6, 6.07) is 20.8. The molecule has 0 aliphatic rings. The van der Waals surface area contributed by atoms with Gasteiger partial charge in [-0.15, -0.1) is 0 Å². The summed E-state index contributed by atoms with van der Waals surface area (Å²) in [6.45, 7) is 6.31. The Labute approximate surface area is 139 Å². The van der Waals surface area contributed by atoms with Crippen LogP contribution in [0.3, 0.4) is 0 Å². The number of hydrogen-bond donors (Lipinski definition) is 4. The van der Waals surface area contributed by atoms with E-state index in [1.807, 2.05) is 12.1 Å². The van der Waals surface area contributed by atoms with E-state index in [2.05, 4.69) is 48.5 Å². The first-order valence-electron chi connectivity index (χ1n) is 7.28. The van der Waals surface area contributed by atoms with Crippen molar-refractivity contribution < 1.29 is 20.3 Å². The average Bonchev–Trinajstić information content (AvgIpc) is 2.48. The van der Waals surface area contributed by atoms with Gasteiger partial charge in [0.1, 0.15) is 0 Å². The van der Waals surface area contributed by atoms with Crippen LogP contribution in [0.25, 0.3) is 11.1 Å². The number of benzene rings is 2. The summed E-state index contributed by atoms with van der Waals surface area (Å²) >= 11 is 0. The van der Waals surface area contributed by atoms with Crippen LogP contribution in [-0.4, -0.2) is 39.1 Å². The van der Waals surface area contributed by atoms with E-state index >= 15 is 0 Å². The minimum absolute atomic E-state index is 0. The van der Waals surface area contributed by atoms with Crippen molar-refractivity contribution in [3.05, 3.63) is 60.7 Å². The van der Waals surface area contributed by atoms with Crippen LogP contribution in [0.4, 0.5) is 0 Å². The van der Waals surface area contributed by atoms with Crippen molar-refractivity contribution in [2.45, 2.75) is 38.9 Å². The normalized spacial score (nSPS) is 10.6. The molecule has 0 spiro atoms. The maximum absolute atomic E-state index is 9.10. The van der Waals surface area contributed by atoms with Gasteiger partial charge in [-0.3, -0.25) is 0 Å². The molecule has 0 atom stereocenters. The molecule has 2 rings (SSSR count). The van der Waals surface area contributed by atoms with Gasteiger partial charge in [0.2, 0.25) is 0 Å². The molecule has 1 radical (unpaired) electrons. The van der Waals surface area contributed by atoms with E-state index in [0.29, 0.717) is 0 Å². The molecule has 125 valence electrons. The molecule has 5 heteroatoms. The second-order valence-electron chi connectivity index (χ2n) is 5.97. The molecular weight excluding hydrogens is 291 g/mol. The zero-order valence-electron chi connectivity index (χ0n) is 14.1. The SMILES string of the molecule is CC(C)(O)C(C)(C)O.O[B]O.c1ccc(-c2ccccc2)cc1. The quantitative estimate of drug-likeness (QED) is 0.641. The monoisotopic (exact) mass is 317 g/mol. The molecule has 0 saturated carbocycles. The summed E-state index contributed by atoms with van der Waals surface area (Å²) in [5.74, 6) is 0. The predicted octanol–water partition coefficient (Wildman–Crippen LogP) is 2.39. The average molecular weight is 317 g/mol. The lowest BCUT2D eigenvalue weighted by Gasteiger charge is -2.31. The van der Waals surface area contributed by atoms with Crippen LogP contribution in [-0.2, 0) is 0 Å². The lowest BCUT2D eigenvalue weighted by Crippen LogP contribution is -2.44. The van der Waals surface area contributed by atoms with Gasteiger partial charge in [-0.25, -0.2) is 0 Å². The third-order valence-corrected chi connectivity index (χ3v) is 3.38. The molecular formula is C18H26BO4. The summed E-state index contributed by atoms with van der Waals surface area (Å²) in [5.41, 5.74) is 0.538. The summed E-state index contributed by atoms with van der Waals surface area (Å²) in [6.07, 6.45) is 0. The van der Waals surface area contributed by atoms with Gasteiger partial charge in [0.05, 0.1) is 11.2 Å². The summed E-state index contributed by atoms with van der Waals surface area (Å²) in [5, 5.41) is 32.2. The van der Waals surface area contributed by atoms with Crippen molar-refractivity contribution in [3.8, 4) is 11.1 Å². The number of rotatable bonds is 2. The zero-order chi connectivity index (χ0) is 17.9. The Morgan fingerprint density at radius 2 is 0.826 bits per heavy atom. The van der Waals surface area contributed by atoms with Gasteiger partial charge in [0, 0.05) is 0 Å². The molecule has 0 fully saturated rings. The van der Waals surface area contributed by atoms with Crippen LogP contribution >= 0.6 is 0 Å². The lowest BCUT2D eigenvalue weighted by atomic mass is 9.90. The van der Waals surface area contributed by atoms with Crippen molar-refractivity contribution >= 4 is 7.69 Å². The number of aliphatic hydroxyl groups is 2. The smallest absolute Gasteiger partial charge is 0.429 e. The fourth-order valence-electron chi connectivity index (χ4n) is 1.26. The minimum atomic E-state index is -1.01. The van der Waals surface area contributed by atoms with Crippen molar-refractivity contribution in [1.29, 1.82) is 0 Å². The lowest BCUT2D eigenvalue weighted by molar-refractivity contribution is -0.107. The van der Waals surface area contributed by atoms with Gasteiger partial charge >= 0.3 is 7.69 Å². The van der Waals surface area contributed by atoms with Gasteiger partial charge in [0.15, 0.2) is 0 Å². The molecule has 23 heavy (non-hydrogen) atoms. The van der Waals surface area contributed by atoms with Crippen LogP contribution in [0.5, 0.6) is 0 Å². The Morgan fingerprint density at radius 3 is 1.00 bits per heavy atom. The molecule has 4 nitrogen and oxygen atoms in total. The largest absolute Gasteiger partial charge is 0.482 e. The highest BCUT2D eigenvalue weighted by molar-refractivity contribution is 6.13. The highest BCUT2D eigenvalue weighted by Crippen LogP contribution is 2.19. The molecule has 0 unspecified atom stereocenters. The van der Waals surface area contributed by atoms with E-state index in [1.54, 1.807) is 27.7 Å². The third kappa shape index (κ3) is 9.16. The van der Waals surface area contributed by atoms with E-state index in [1.165, 1.54) is 11.1 Å². The second kappa shape index (κ2) is 10.2. The maximum Gasteiger partial charge on any atom is 0.482 e. The first kappa shape index (κ1) is 21.3. The first-order valence-corrected chi connectivity index (χ1v) is 7.28. The van der Waals surface area contributed by atoms with E-state index < -0.39 is 11.2 Å². The van der Waals surface area contributed by atoms with E-state index in [9.17, 15) is 0 Å². The highest BCUT2D eigenvalue weighted by atomic mass is 16.4. The maximum atomic E-state index is 9.10. The van der Waals surface area contributed by atoms with Crippen molar-refractivity contribution in [1.82, 2.24) is 0 Å². The number of hydrogen-bond acceptors (Lipinski definition) is 4. The second-order valence-corrected chi connectivity index (χ2v) is 5.97. The molecule has 0 aliphatic carbocycles. The minimum Gasteiger partial charge on any atom is -0.429 e. The molecule has 0 bridgehead atoms. The molecule has 2 aromatic rings. The topological polar surface area (TPSA) is 80.9 Å². The van der Waals surface area contributed by atoms with Crippen molar-refractivity contribution in [3.63, 3.8) is 0 Å². The Balaban J connectivity index is 0.000000385. The van der Waals surface area contributed by atoms with Crippen LogP contribution in [0.1, 0.15) is 27.7 Å². The third-order valence-electron chi connectivity index (χ3n) is 3.38. The fraction of sp³-hybridized carbons (Fsp3) is 0.333. The molecule has 0 amide bonds. The first-order chi connectivity index (χ1) is 10.6. The predicted molar refractivity (Wildman–Crippen MR) is 94.7 cm³/mol. The highest BCUT2D eigenvalue weighted by Gasteiger charge is 2.31. The van der Waals surface area contributed by atoms with Gasteiger partial charge in [0.25, 0.3) is 0 Å². The van der Waals surface area contributed by atoms with E-state index in [-0.39, 0.29) is 7.69 Å². The van der Waals surface area contributed by atoms with Gasteiger partial charge < -0.3 is 20.3 Å². The fourth-order valence-corrected chi connectivity index (χ4v) is 1.26. The van der Waals surface area contributed by atoms with Crippen molar-refractivity contribution in [2.24, 2.45) is 0 Å². The van der Waals surface area contributed by atoms with Gasteiger partial charge in [-0.2, -0.15) is 0 Å². The summed E-state index contributed by atoms with van der Waals surface area (Å²) in [4.78, 5) is 0. The van der Waals surface area contributed by atoms with Crippen LogP contribution in [0.2, 0.25) is 0 Å². The standard InChI is InChI=1S/C12H10.C6H14O2.BH2O2/c1-3-7-11(8-4-1)12-9-5-2-6-10-12;1-5(2,7)6(3,4)8;2-1-3/h1-10H;7-8H,1-4H3;2-3H. The zero-order valence-corrected chi connectivity index (χ0v) is 14.1.